The maximum absolute atomic E-state index is 14.9. The first kappa shape index (κ1) is 22.2. The Bertz CT molecular complexity index is 1110. The van der Waals surface area contributed by atoms with Crippen LogP contribution in [0.3, 0.4) is 0 Å². The Hall–Kier alpha value is -3.51. The topological polar surface area (TPSA) is 17.1 Å². The third kappa shape index (κ3) is 5.77. The summed E-state index contributed by atoms with van der Waals surface area (Å²) in [6.07, 6.45) is 2.44. The highest BCUT2D eigenvalue weighted by atomic mass is 19.3. The fourth-order valence-electron chi connectivity index (χ4n) is 3.10. The second kappa shape index (κ2) is 10.00. The van der Waals surface area contributed by atoms with Crippen molar-refractivity contribution in [3.05, 3.63) is 113 Å². The van der Waals surface area contributed by atoms with E-state index in [2.05, 4.69) is 18.8 Å². The van der Waals surface area contributed by atoms with Crippen LogP contribution in [0, 0.1) is 11.8 Å². The van der Waals surface area contributed by atoms with Crippen molar-refractivity contribution in [1.82, 2.24) is 0 Å². The summed E-state index contributed by atoms with van der Waals surface area (Å²) in [7, 11) is 0. The maximum Gasteiger partial charge on any atom is 0.329 e. The number of hydrogen-bond acceptors (Lipinski definition) is 1. The molecule has 0 aliphatic heterocycles. The molecule has 0 unspecified atom stereocenters. The van der Waals surface area contributed by atoms with Gasteiger partial charge < -0.3 is 0 Å². The van der Waals surface area contributed by atoms with Crippen molar-refractivity contribution in [1.29, 1.82) is 0 Å². The minimum atomic E-state index is -3.68. The van der Waals surface area contributed by atoms with Gasteiger partial charge in [-0.05, 0) is 41.7 Å². The summed E-state index contributed by atoms with van der Waals surface area (Å²) >= 11 is 0. The number of hydrogen-bond donors (Lipinski definition) is 0. The summed E-state index contributed by atoms with van der Waals surface area (Å²) in [5.41, 5.74) is 3.64. The van der Waals surface area contributed by atoms with Crippen molar-refractivity contribution in [3.63, 3.8) is 0 Å². The Labute approximate surface area is 182 Å². The lowest BCUT2D eigenvalue weighted by molar-refractivity contribution is 0.0384. The van der Waals surface area contributed by atoms with Gasteiger partial charge in [-0.15, -0.1) is 0 Å². The van der Waals surface area contributed by atoms with E-state index >= 15 is 0 Å². The fraction of sp³-hybridized carbons (Fsp3) is 0.179. The van der Waals surface area contributed by atoms with Gasteiger partial charge in [-0.3, -0.25) is 4.79 Å². The second-order valence-electron chi connectivity index (χ2n) is 7.23. The van der Waals surface area contributed by atoms with E-state index in [1.807, 2.05) is 43.3 Å². The Balaban J connectivity index is 2.02. The molecule has 0 atom stereocenters. The fourth-order valence-corrected chi connectivity index (χ4v) is 3.10. The quantitative estimate of drug-likeness (QED) is 0.321. The largest absolute Gasteiger partial charge is 0.329 e. The molecule has 0 radical (unpaired) electrons. The van der Waals surface area contributed by atoms with E-state index in [-0.39, 0.29) is 11.1 Å². The molecule has 156 valence electrons. The average Bonchev–Trinajstić information content (AvgIpc) is 2.82. The third-order valence-electron chi connectivity index (χ3n) is 5.04. The normalized spacial score (nSPS) is 11.5. The zero-order valence-electron chi connectivity index (χ0n) is 17.7. The standard InChI is InChI=1S/C28H24F2O/c1-3-21-10-12-23(13-11-21)16-19-26(24-17-14-22(4-2)15-18-24)20-28(29,30)27(31)25-8-6-5-7-9-25/h5-15,17-18,20H,3-4H2,1-2H3/b26-20-. The molecule has 0 aromatic heterocycles. The van der Waals surface area contributed by atoms with Crippen molar-refractivity contribution in [2.45, 2.75) is 32.6 Å². The number of alkyl halides is 2. The van der Waals surface area contributed by atoms with Gasteiger partial charge >= 0.3 is 5.92 Å². The molecular weight excluding hydrogens is 390 g/mol. The highest BCUT2D eigenvalue weighted by Gasteiger charge is 2.37. The number of carbonyl (C=O) groups is 1. The molecule has 3 aromatic carbocycles. The van der Waals surface area contributed by atoms with Gasteiger partial charge in [0.1, 0.15) is 0 Å². The zero-order valence-corrected chi connectivity index (χ0v) is 17.7. The Morgan fingerprint density at radius 3 is 1.90 bits per heavy atom. The molecule has 0 heterocycles. The number of aryl methyl sites for hydroxylation is 2. The van der Waals surface area contributed by atoms with E-state index in [4.69, 9.17) is 0 Å². The van der Waals surface area contributed by atoms with Crippen molar-refractivity contribution >= 4 is 11.4 Å². The molecule has 0 saturated carbocycles. The molecule has 1 nitrogen and oxygen atoms in total. The number of rotatable bonds is 6. The Morgan fingerprint density at radius 1 is 0.806 bits per heavy atom. The van der Waals surface area contributed by atoms with E-state index in [0.717, 1.165) is 24.0 Å². The number of halogens is 2. The molecule has 0 N–H and O–H groups in total. The molecular formula is C28H24F2O. The number of benzene rings is 3. The number of ketones is 1. The third-order valence-corrected chi connectivity index (χ3v) is 5.04. The Morgan fingerprint density at radius 2 is 1.35 bits per heavy atom. The predicted molar refractivity (Wildman–Crippen MR) is 122 cm³/mol. The first-order valence-corrected chi connectivity index (χ1v) is 10.3. The molecule has 0 fully saturated rings. The smallest absolute Gasteiger partial charge is 0.287 e. The van der Waals surface area contributed by atoms with Gasteiger partial charge in [-0.1, -0.05) is 92.4 Å². The minimum Gasteiger partial charge on any atom is -0.287 e. The van der Waals surface area contributed by atoms with Crippen LogP contribution in [-0.4, -0.2) is 11.7 Å². The highest BCUT2D eigenvalue weighted by molar-refractivity contribution is 6.04. The lowest BCUT2D eigenvalue weighted by Crippen LogP contribution is -2.26. The summed E-state index contributed by atoms with van der Waals surface area (Å²) in [6, 6.07) is 22.6. The lowest BCUT2D eigenvalue weighted by atomic mass is 9.98. The van der Waals surface area contributed by atoms with Gasteiger partial charge in [-0.2, -0.15) is 8.78 Å². The molecule has 3 rings (SSSR count). The molecule has 0 saturated heterocycles. The molecule has 3 aromatic rings. The van der Waals surface area contributed by atoms with Crippen LogP contribution in [0.1, 0.15) is 46.5 Å². The minimum absolute atomic E-state index is 0.0347. The van der Waals surface area contributed by atoms with Gasteiger partial charge in [0, 0.05) is 22.8 Å². The molecule has 0 aliphatic rings. The molecule has 0 spiro atoms. The molecule has 0 bridgehead atoms. The van der Waals surface area contributed by atoms with Gasteiger partial charge in [0.15, 0.2) is 0 Å². The van der Waals surface area contributed by atoms with E-state index in [1.54, 1.807) is 30.3 Å². The van der Waals surface area contributed by atoms with Gasteiger partial charge in [0.2, 0.25) is 5.78 Å². The first-order chi connectivity index (χ1) is 14.9. The summed E-state index contributed by atoms with van der Waals surface area (Å²) in [6.45, 7) is 4.09. The highest BCUT2D eigenvalue weighted by Crippen LogP contribution is 2.27. The van der Waals surface area contributed by atoms with Crippen molar-refractivity contribution in [2.75, 3.05) is 0 Å². The summed E-state index contributed by atoms with van der Waals surface area (Å²) in [5.74, 6) is 0.905. The molecule has 0 amide bonds. The van der Waals surface area contributed by atoms with Crippen molar-refractivity contribution in [2.24, 2.45) is 0 Å². The van der Waals surface area contributed by atoms with Gasteiger partial charge in [0.05, 0.1) is 0 Å². The first-order valence-electron chi connectivity index (χ1n) is 10.3. The van der Waals surface area contributed by atoms with Crippen LogP contribution in [-0.2, 0) is 12.8 Å². The summed E-state index contributed by atoms with van der Waals surface area (Å²) < 4.78 is 29.8. The SMILES string of the molecule is CCc1ccc(C#C/C(=C/C(F)(F)C(=O)c2ccccc2)c2ccc(CC)cc2)cc1. The van der Waals surface area contributed by atoms with Crippen LogP contribution in [0.5, 0.6) is 0 Å². The average molecular weight is 414 g/mol. The predicted octanol–water partition coefficient (Wildman–Crippen LogP) is 6.76. The number of carbonyl (C=O) groups excluding carboxylic acids is 1. The zero-order chi connectivity index (χ0) is 22.3. The van der Waals surface area contributed by atoms with Crippen LogP contribution in [0.15, 0.2) is 84.9 Å². The van der Waals surface area contributed by atoms with Crippen LogP contribution in [0.4, 0.5) is 8.78 Å². The number of allylic oxidation sites excluding steroid dienone is 2. The van der Waals surface area contributed by atoms with Gasteiger partial charge in [0.25, 0.3) is 0 Å². The monoisotopic (exact) mass is 414 g/mol. The second-order valence-corrected chi connectivity index (χ2v) is 7.23. The van der Waals surface area contributed by atoms with Crippen molar-refractivity contribution < 1.29 is 13.6 Å². The van der Waals surface area contributed by atoms with Crippen LogP contribution in [0.25, 0.3) is 5.57 Å². The van der Waals surface area contributed by atoms with Gasteiger partial charge in [-0.25, -0.2) is 0 Å². The van der Waals surface area contributed by atoms with E-state index in [0.29, 0.717) is 11.6 Å². The molecule has 31 heavy (non-hydrogen) atoms. The summed E-state index contributed by atoms with van der Waals surface area (Å²) in [4.78, 5) is 12.4. The Kier molecular flexibility index (Phi) is 7.15. The molecule has 0 aliphatic carbocycles. The van der Waals surface area contributed by atoms with E-state index in [1.165, 1.54) is 17.7 Å². The van der Waals surface area contributed by atoms with Crippen molar-refractivity contribution in [3.8, 4) is 11.8 Å². The van der Waals surface area contributed by atoms with Crippen LogP contribution >= 0.6 is 0 Å². The van der Waals surface area contributed by atoms with Crippen LogP contribution in [0.2, 0.25) is 0 Å². The van der Waals surface area contributed by atoms with E-state index in [9.17, 15) is 13.6 Å². The maximum atomic E-state index is 14.9. The van der Waals surface area contributed by atoms with E-state index < -0.39 is 11.7 Å². The van der Waals surface area contributed by atoms with Crippen LogP contribution < -0.4 is 0 Å². The summed E-state index contributed by atoms with van der Waals surface area (Å²) in [5, 5.41) is 0. The lowest BCUT2D eigenvalue weighted by Gasteiger charge is -2.12. The number of Topliss-reactive ketones (excluding diaryl/α,β-unsaturated/α-hetero) is 1. The molecule has 3 heteroatoms.